The Bertz CT molecular complexity index is 776. The van der Waals surface area contributed by atoms with Gasteiger partial charge >= 0.3 is 6.09 Å². The van der Waals surface area contributed by atoms with Crippen molar-refractivity contribution in [1.82, 2.24) is 15.8 Å². The number of nitrogens with one attached hydrogen (secondary N) is 2. The van der Waals surface area contributed by atoms with Crippen molar-refractivity contribution in [2.24, 2.45) is 5.92 Å². The number of rotatable bonds is 8. The van der Waals surface area contributed by atoms with Crippen LogP contribution in [0, 0.1) is 11.7 Å². The van der Waals surface area contributed by atoms with Crippen molar-refractivity contribution in [1.29, 1.82) is 0 Å². The van der Waals surface area contributed by atoms with Crippen molar-refractivity contribution in [3.05, 3.63) is 41.8 Å². The summed E-state index contributed by atoms with van der Waals surface area (Å²) in [6, 6.07) is 7.16. The molecule has 146 valence electrons. The van der Waals surface area contributed by atoms with Crippen LogP contribution in [-0.4, -0.2) is 36.4 Å². The lowest BCUT2D eigenvalue weighted by atomic mass is 10.0. The van der Waals surface area contributed by atoms with E-state index < -0.39 is 17.8 Å². The quantitative estimate of drug-likeness (QED) is 0.736. The summed E-state index contributed by atoms with van der Waals surface area (Å²) in [7, 11) is 0. The van der Waals surface area contributed by atoms with Crippen LogP contribution in [0.3, 0.4) is 0 Å². The maximum atomic E-state index is 13.8. The predicted octanol–water partition coefficient (Wildman–Crippen LogP) is 3.37. The van der Waals surface area contributed by atoms with Crippen LogP contribution in [0.4, 0.5) is 9.18 Å². The zero-order valence-electron chi connectivity index (χ0n) is 15.6. The molecule has 1 aromatic heterocycles. The highest BCUT2D eigenvalue weighted by molar-refractivity contribution is 5.93. The molecular formula is C19H24FN3O4. The molecule has 2 amide bonds. The molecule has 2 aromatic rings. The molecule has 2 N–H and O–H groups in total. The fourth-order valence-electron chi connectivity index (χ4n) is 2.58. The van der Waals surface area contributed by atoms with E-state index in [0.717, 1.165) is 0 Å². The summed E-state index contributed by atoms with van der Waals surface area (Å²) < 4.78 is 23.8. The molecule has 0 aliphatic rings. The number of hydrogen-bond acceptors (Lipinski definition) is 5. The second-order valence-corrected chi connectivity index (χ2v) is 6.46. The zero-order valence-corrected chi connectivity index (χ0v) is 15.6. The normalized spacial score (nSPS) is 11.9. The number of alkyl carbamates (subject to hydrolysis) is 1. The number of amides is 2. The van der Waals surface area contributed by atoms with Gasteiger partial charge in [-0.05, 0) is 31.4 Å². The van der Waals surface area contributed by atoms with Crippen LogP contribution in [0.25, 0.3) is 11.3 Å². The lowest BCUT2D eigenvalue weighted by molar-refractivity contribution is 0.0935. The van der Waals surface area contributed by atoms with Crippen LogP contribution in [0.5, 0.6) is 0 Å². The summed E-state index contributed by atoms with van der Waals surface area (Å²) in [5, 5.41) is 9.13. The second kappa shape index (κ2) is 9.70. The van der Waals surface area contributed by atoms with Crippen molar-refractivity contribution in [2.45, 2.75) is 33.2 Å². The molecule has 0 radical (unpaired) electrons. The molecule has 0 fully saturated rings. The average molecular weight is 377 g/mol. The Balaban J connectivity index is 1.99. The molecule has 0 saturated heterocycles. The largest absolute Gasteiger partial charge is 0.450 e. The van der Waals surface area contributed by atoms with E-state index in [0.29, 0.717) is 12.3 Å². The van der Waals surface area contributed by atoms with Crippen LogP contribution >= 0.6 is 0 Å². The highest BCUT2D eigenvalue weighted by Gasteiger charge is 2.19. The summed E-state index contributed by atoms with van der Waals surface area (Å²) in [6.45, 7) is 6.22. The zero-order chi connectivity index (χ0) is 19.8. The van der Waals surface area contributed by atoms with Gasteiger partial charge in [0.05, 0.1) is 12.2 Å². The maximum absolute atomic E-state index is 13.8. The van der Waals surface area contributed by atoms with E-state index in [-0.39, 0.29) is 36.2 Å². The van der Waals surface area contributed by atoms with Gasteiger partial charge in [0.15, 0.2) is 11.5 Å². The first kappa shape index (κ1) is 20.4. The molecule has 0 saturated carbocycles. The van der Waals surface area contributed by atoms with Crippen LogP contribution < -0.4 is 10.6 Å². The highest BCUT2D eigenvalue weighted by atomic mass is 19.1. The summed E-state index contributed by atoms with van der Waals surface area (Å²) in [6.07, 6.45) is 0.138. The Labute approximate surface area is 157 Å². The predicted molar refractivity (Wildman–Crippen MR) is 97.6 cm³/mol. The van der Waals surface area contributed by atoms with Gasteiger partial charge in [-0.3, -0.25) is 4.79 Å². The van der Waals surface area contributed by atoms with Gasteiger partial charge in [-0.1, -0.05) is 31.1 Å². The molecule has 1 heterocycles. The van der Waals surface area contributed by atoms with E-state index in [1.807, 2.05) is 13.8 Å². The first-order valence-electron chi connectivity index (χ1n) is 8.83. The van der Waals surface area contributed by atoms with Gasteiger partial charge in [0.25, 0.3) is 5.91 Å². The van der Waals surface area contributed by atoms with E-state index in [9.17, 15) is 14.0 Å². The van der Waals surface area contributed by atoms with Gasteiger partial charge in [-0.25, -0.2) is 9.18 Å². The maximum Gasteiger partial charge on any atom is 0.407 e. The number of benzene rings is 1. The van der Waals surface area contributed by atoms with Crippen LogP contribution in [0.15, 0.2) is 34.9 Å². The number of halogens is 1. The van der Waals surface area contributed by atoms with Crippen molar-refractivity contribution >= 4 is 12.0 Å². The van der Waals surface area contributed by atoms with Gasteiger partial charge in [0.1, 0.15) is 5.82 Å². The Morgan fingerprint density at radius 1 is 1.30 bits per heavy atom. The minimum absolute atomic E-state index is 0.0349. The Kier molecular flexibility index (Phi) is 7.34. The molecule has 2 rings (SSSR count). The highest BCUT2D eigenvalue weighted by Crippen LogP contribution is 2.23. The molecule has 0 bridgehead atoms. The second-order valence-electron chi connectivity index (χ2n) is 6.46. The molecule has 27 heavy (non-hydrogen) atoms. The molecule has 0 aliphatic carbocycles. The molecule has 1 atom stereocenters. The van der Waals surface area contributed by atoms with Crippen LogP contribution in [-0.2, 0) is 4.74 Å². The van der Waals surface area contributed by atoms with Crippen molar-refractivity contribution in [3.63, 3.8) is 0 Å². The molecule has 7 nitrogen and oxygen atoms in total. The van der Waals surface area contributed by atoms with Gasteiger partial charge in [0, 0.05) is 18.7 Å². The average Bonchev–Trinajstić information content (AvgIpc) is 3.09. The minimum Gasteiger partial charge on any atom is -0.450 e. The molecular weight excluding hydrogens is 353 g/mol. The van der Waals surface area contributed by atoms with Crippen LogP contribution in [0.1, 0.15) is 37.7 Å². The molecule has 1 unspecified atom stereocenters. The van der Waals surface area contributed by atoms with Crippen molar-refractivity contribution in [3.8, 4) is 11.3 Å². The summed E-state index contributed by atoms with van der Waals surface area (Å²) in [5.74, 6) is -0.452. The third-order valence-corrected chi connectivity index (χ3v) is 3.74. The summed E-state index contributed by atoms with van der Waals surface area (Å²) in [5.41, 5.74) is 0.262. The number of hydrogen-bond donors (Lipinski definition) is 2. The number of carbonyl (C=O) groups is 2. The van der Waals surface area contributed by atoms with Gasteiger partial charge in [0.2, 0.25) is 0 Å². The van der Waals surface area contributed by atoms with E-state index in [2.05, 4.69) is 15.8 Å². The van der Waals surface area contributed by atoms with Gasteiger partial charge in [-0.15, -0.1) is 0 Å². The third kappa shape index (κ3) is 6.09. The first-order valence-corrected chi connectivity index (χ1v) is 8.83. The van der Waals surface area contributed by atoms with Gasteiger partial charge < -0.3 is 19.9 Å². The molecule has 0 aliphatic heterocycles. The molecule has 1 aromatic carbocycles. The van der Waals surface area contributed by atoms with Crippen LogP contribution in [0.2, 0.25) is 0 Å². The number of nitrogens with zero attached hydrogens (tertiary/aromatic N) is 1. The number of ether oxygens (including phenoxy) is 1. The third-order valence-electron chi connectivity index (χ3n) is 3.74. The fraction of sp³-hybridized carbons (Fsp3) is 0.421. The fourth-order valence-corrected chi connectivity index (χ4v) is 2.58. The van der Waals surface area contributed by atoms with Crippen molar-refractivity contribution in [2.75, 3.05) is 13.2 Å². The van der Waals surface area contributed by atoms with E-state index in [4.69, 9.17) is 9.26 Å². The minimum atomic E-state index is -0.527. The topological polar surface area (TPSA) is 93.5 Å². The smallest absolute Gasteiger partial charge is 0.407 e. The Morgan fingerprint density at radius 2 is 2.04 bits per heavy atom. The Hall–Kier alpha value is -2.90. The number of aromatic nitrogens is 1. The molecule has 8 heteroatoms. The Morgan fingerprint density at radius 3 is 2.70 bits per heavy atom. The van der Waals surface area contributed by atoms with E-state index >= 15 is 0 Å². The summed E-state index contributed by atoms with van der Waals surface area (Å²) >= 11 is 0. The standard InChI is InChI=1S/C19H24FN3O4/c1-4-26-19(25)22-13(9-12(2)3)11-21-18(24)16-10-17(27-23-16)14-7-5-6-8-15(14)20/h5-8,10,12-13H,4,9,11H2,1-3H3,(H,21,24)(H,22,25). The first-order chi connectivity index (χ1) is 12.9. The summed E-state index contributed by atoms with van der Waals surface area (Å²) in [4.78, 5) is 23.9. The lowest BCUT2D eigenvalue weighted by Gasteiger charge is -2.20. The van der Waals surface area contributed by atoms with E-state index in [1.165, 1.54) is 12.1 Å². The lowest BCUT2D eigenvalue weighted by Crippen LogP contribution is -2.44. The van der Waals surface area contributed by atoms with E-state index in [1.54, 1.807) is 25.1 Å². The molecule has 0 spiro atoms. The van der Waals surface area contributed by atoms with Gasteiger partial charge in [-0.2, -0.15) is 0 Å². The van der Waals surface area contributed by atoms with Crippen molar-refractivity contribution < 1.29 is 23.2 Å². The number of carbonyl (C=O) groups excluding carboxylic acids is 2. The monoisotopic (exact) mass is 377 g/mol. The SMILES string of the molecule is CCOC(=O)NC(CNC(=O)c1cc(-c2ccccc2F)on1)CC(C)C.